The van der Waals surface area contributed by atoms with Gasteiger partial charge in [-0.3, -0.25) is 4.90 Å². The van der Waals surface area contributed by atoms with E-state index in [4.69, 9.17) is 11.6 Å². The zero-order valence-electron chi connectivity index (χ0n) is 8.29. The summed E-state index contributed by atoms with van der Waals surface area (Å²) in [7, 11) is 0. The molecule has 0 amide bonds. The Morgan fingerprint density at radius 2 is 2.50 bits per heavy atom. The molecule has 1 aromatic heterocycles. The number of likely N-dealkylation sites (tertiary alicyclic amines) is 1. The highest BCUT2D eigenvalue weighted by molar-refractivity contribution is 7.09. The van der Waals surface area contributed by atoms with Crippen molar-refractivity contribution in [2.75, 3.05) is 19.0 Å². The Labute approximate surface area is 94.7 Å². The van der Waals surface area contributed by atoms with Crippen LogP contribution < -0.4 is 0 Å². The van der Waals surface area contributed by atoms with E-state index in [0.717, 1.165) is 12.4 Å². The van der Waals surface area contributed by atoms with Crippen LogP contribution in [-0.2, 0) is 6.54 Å². The number of thiophene rings is 1. The monoisotopic (exact) mass is 229 g/mol. The van der Waals surface area contributed by atoms with Gasteiger partial charge in [0.2, 0.25) is 0 Å². The molecule has 78 valence electrons. The fourth-order valence-corrected chi connectivity index (χ4v) is 3.04. The number of piperidine rings is 1. The van der Waals surface area contributed by atoms with Crippen LogP contribution in [0.15, 0.2) is 17.5 Å². The molecule has 14 heavy (non-hydrogen) atoms. The standard InChI is InChI=1S/C11H16ClNS/c12-7-10-3-1-5-13(8-10)9-11-4-2-6-14-11/h2,4,6,10H,1,3,5,7-9H2/t10-/m0/s1. The van der Waals surface area contributed by atoms with Crippen LogP contribution in [0.4, 0.5) is 0 Å². The van der Waals surface area contributed by atoms with Gasteiger partial charge in [0.1, 0.15) is 0 Å². The van der Waals surface area contributed by atoms with E-state index >= 15 is 0 Å². The van der Waals surface area contributed by atoms with Gasteiger partial charge in [-0.2, -0.15) is 0 Å². The number of alkyl halides is 1. The van der Waals surface area contributed by atoms with Gasteiger partial charge in [-0.25, -0.2) is 0 Å². The van der Waals surface area contributed by atoms with Crippen LogP contribution >= 0.6 is 22.9 Å². The maximum Gasteiger partial charge on any atom is 0.0328 e. The average molecular weight is 230 g/mol. The van der Waals surface area contributed by atoms with E-state index in [1.165, 1.54) is 30.8 Å². The molecule has 0 aromatic carbocycles. The van der Waals surface area contributed by atoms with E-state index in [1.54, 1.807) is 0 Å². The number of hydrogen-bond donors (Lipinski definition) is 0. The van der Waals surface area contributed by atoms with E-state index in [9.17, 15) is 0 Å². The van der Waals surface area contributed by atoms with Crippen LogP contribution in [0.25, 0.3) is 0 Å². The maximum atomic E-state index is 5.90. The van der Waals surface area contributed by atoms with Crippen molar-refractivity contribution in [3.8, 4) is 0 Å². The Hall–Kier alpha value is -0.0500. The second kappa shape index (κ2) is 5.15. The maximum absolute atomic E-state index is 5.90. The molecule has 0 bridgehead atoms. The Morgan fingerprint density at radius 1 is 1.57 bits per heavy atom. The van der Waals surface area contributed by atoms with E-state index in [2.05, 4.69) is 22.4 Å². The van der Waals surface area contributed by atoms with Gasteiger partial charge < -0.3 is 0 Å². The summed E-state index contributed by atoms with van der Waals surface area (Å²) in [6.45, 7) is 3.54. The average Bonchev–Trinajstić information content (AvgIpc) is 2.71. The van der Waals surface area contributed by atoms with Crippen molar-refractivity contribution in [1.82, 2.24) is 4.90 Å². The summed E-state index contributed by atoms with van der Waals surface area (Å²) in [5.74, 6) is 1.53. The van der Waals surface area contributed by atoms with Gasteiger partial charge in [0.15, 0.2) is 0 Å². The van der Waals surface area contributed by atoms with E-state index < -0.39 is 0 Å². The van der Waals surface area contributed by atoms with Crippen molar-refractivity contribution in [1.29, 1.82) is 0 Å². The molecule has 1 aromatic rings. The minimum absolute atomic E-state index is 0.713. The quantitative estimate of drug-likeness (QED) is 0.720. The van der Waals surface area contributed by atoms with Crippen LogP contribution in [0.5, 0.6) is 0 Å². The Kier molecular flexibility index (Phi) is 3.85. The van der Waals surface area contributed by atoms with Crippen LogP contribution in [0.2, 0.25) is 0 Å². The van der Waals surface area contributed by atoms with Crippen molar-refractivity contribution in [2.45, 2.75) is 19.4 Å². The normalized spacial score (nSPS) is 23.9. The minimum Gasteiger partial charge on any atom is -0.298 e. The lowest BCUT2D eigenvalue weighted by atomic mass is 10.0. The number of halogens is 1. The molecule has 0 aliphatic carbocycles. The molecule has 1 fully saturated rings. The SMILES string of the molecule is ClC[C@@H]1CCCN(Cc2cccs2)C1. The summed E-state index contributed by atoms with van der Waals surface area (Å²) in [4.78, 5) is 4.00. The lowest BCUT2D eigenvalue weighted by Crippen LogP contribution is -2.35. The first-order chi connectivity index (χ1) is 6.88. The first-order valence-electron chi connectivity index (χ1n) is 5.19. The van der Waals surface area contributed by atoms with Gasteiger partial charge in [0.25, 0.3) is 0 Å². The van der Waals surface area contributed by atoms with Crippen LogP contribution in [-0.4, -0.2) is 23.9 Å². The van der Waals surface area contributed by atoms with Crippen LogP contribution in [0, 0.1) is 5.92 Å². The molecule has 1 aliphatic heterocycles. The van der Waals surface area contributed by atoms with E-state index in [0.29, 0.717) is 5.92 Å². The Balaban J connectivity index is 1.86. The van der Waals surface area contributed by atoms with Gasteiger partial charge >= 0.3 is 0 Å². The smallest absolute Gasteiger partial charge is 0.0328 e. The number of rotatable bonds is 3. The second-order valence-corrected chi connectivity index (χ2v) is 5.32. The van der Waals surface area contributed by atoms with Gasteiger partial charge in [-0.1, -0.05) is 6.07 Å². The fourth-order valence-electron chi connectivity index (χ4n) is 2.04. The van der Waals surface area contributed by atoms with Crippen molar-refractivity contribution in [2.24, 2.45) is 5.92 Å². The number of nitrogens with zero attached hydrogens (tertiary/aromatic N) is 1. The summed E-state index contributed by atoms with van der Waals surface area (Å²) in [5, 5.41) is 2.15. The third kappa shape index (κ3) is 2.72. The highest BCUT2D eigenvalue weighted by Crippen LogP contribution is 2.20. The molecule has 0 N–H and O–H groups in total. The third-order valence-electron chi connectivity index (χ3n) is 2.78. The van der Waals surface area contributed by atoms with Crippen LogP contribution in [0.3, 0.4) is 0 Å². The second-order valence-electron chi connectivity index (χ2n) is 3.98. The molecule has 1 atom stereocenters. The largest absolute Gasteiger partial charge is 0.298 e. The predicted octanol–water partition coefficient (Wildman–Crippen LogP) is 3.20. The van der Waals surface area contributed by atoms with Gasteiger partial charge in [0, 0.05) is 23.8 Å². The molecule has 1 saturated heterocycles. The number of hydrogen-bond acceptors (Lipinski definition) is 2. The first-order valence-corrected chi connectivity index (χ1v) is 6.60. The Morgan fingerprint density at radius 3 is 3.21 bits per heavy atom. The third-order valence-corrected chi connectivity index (χ3v) is 4.08. The van der Waals surface area contributed by atoms with Gasteiger partial charge in [0.05, 0.1) is 0 Å². The van der Waals surface area contributed by atoms with Crippen LogP contribution in [0.1, 0.15) is 17.7 Å². The molecule has 1 aliphatic rings. The topological polar surface area (TPSA) is 3.24 Å². The summed E-state index contributed by atoms with van der Waals surface area (Å²) in [5.41, 5.74) is 0. The predicted molar refractivity (Wildman–Crippen MR) is 63.0 cm³/mol. The molecular formula is C11H16ClNS. The lowest BCUT2D eigenvalue weighted by molar-refractivity contribution is 0.179. The molecule has 2 rings (SSSR count). The highest BCUT2D eigenvalue weighted by atomic mass is 35.5. The summed E-state index contributed by atoms with van der Waals surface area (Å²) >= 11 is 7.75. The molecule has 3 heteroatoms. The summed E-state index contributed by atoms with van der Waals surface area (Å²) in [6, 6.07) is 4.35. The van der Waals surface area contributed by atoms with Crippen molar-refractivity contribution in [3.63, 3.8) is 0 Å². The molecule has 1 nitrogen and oxygen atoms in total. The summed E-state index contributed by atoms with van der Waals surface area (Å²) < 4.78 is 0. The van der Waals surface area contributed by atoms with E-state index in [1.807, 2.05) is 11.3 Å². The van der Waals surface area contributed by atoms with Gasteiger partial charge in [-0.05, 0) is 36.8 Å². The van der Waals surface area contributed by atoms with E-state index in [-0.39, 0.29) is 0 Å². The molecule has 2 heterocycles. The molecule has 0 radical (unpaired) electrons. The molecular weight excluding hydrogens is 214 g/mol. The zero-order valence-corrected chi connectivity index (χ0v) is 9.86. The highest BCUT2D eigenvalue weighted by Gasteiger charge is 2.18. The Bertz CT molecular complexity index is 260. The van der Waals surface area contributed by atoms with Crippen molar-refractivity contribution >= 4 is 22.9 Å². The summed E-state index contributed by atoms with van der Waals surface area (Å²) in [6.07, 6.45) is 2.62. The van der Waals surface area contributed by atoms with Crippen molar-refractivity contribution < 1.29 is 0 Å². The molecule has 0 spiro atoms. The lowest BCUT2D eigenvalue weighted by Gasteiger charge is -2.31. The minimum atomic E-state index is 0.713. The zero-order chi connectivity index (χ0) is 9.80. The molecule has 0 saturated carbocycles. The van der Waals surface area contributed by atoms with Crippen molar-refractivity contribution in [3.05, 3.63) is 22.4 Å². The molecule has 0 unspecified atom stereocenters. The van der Waals surface area contributed by atoms with Gasteiger partial charge in [-0.15, -0.1) is 22.9 Å². The first kappa shape index (κ1) is 10.5. The fraction of sp³-hybridized carbons (Fsp3) is 0.636.